The normalized spacial score (nSPS) is 18.7. The lowest BCUT2D eigenvalue weighted by molar-refractivity contribution is -0.0499. The summed E-state index contributed by atoms with van der Waals surface area (Å²) >= 11 is 0. The van der Waals surface area contributed by atoms with Crippen molar-refractivity contribution in [1.29, 1.82) is 0 Å². The van der Waals surface area contributed by atoms with E-state index >= 15 is 0 Å². The molecule has 18 heavy (non-hydrogen) atoms. The largest absolute Gasteiger partial charge is 0.389 e. The minimum absolute atomic E-state index is 0.337. The molecular weight excluding hydrogens is 230 g/mol. The summed E-state index contributed by atoms with van der Waals surface area (Å²) in [6, 6.07) is 0. The molecule has 4 nitrogen and oxygen atoms in total. The van der Waals surface area contributed by atoms with Crippen LogP contribution in [0.1, 0.15) is 52.4 Å². The number of hydrogen-bond donors (Lipinski definition) is 2. The number of nitrogens with one attached hydrogen (secondary N) is 1. The molecule has 1 aliphatic carbocycles. The van der Waals surface area contributed by atoms with Crippen LogP contribution in [0.5, 0.6) is 0 Å². The molecule has 108 valence electrons. The van der Waals surface area contributed by atoms with Crippen LogP contribution >= 0.6 is 0 Å². The highest BCUT2D eigenvalue weighted by Gasteiger charge is 2.15. The number of aliphatic hydroxyl groups is 1. The first-order chi connectivity index (χ1) is 8.68. The Bertz CT molecular complexity index is 193. The fourth-order valence-corrected chi connectivity index (χ4v) is 2.14. The first-order valence-electron chi connectivity index (χ1n) is 7.32. The van der Waals surface area contributed by atoms with Crippen molar-refractivity contribution in [2.75, 3.05) is 19.8 Å². The summed E-state index contributed by atoms with van der Waals surface area (Å²) in [5.41, 5.74) is 2.86. The van der Waals surface area contributed by atoms with E-state index in [4.69, 9.17) is 9.57 Å². The molecule has 0 saturated heterocycles. The summed E-state index contributed by atoms with van der Waals surface area (Å²) in [6.45, 7) is 5.98. The quantitative estimate of drug-likeness (QED) is 0.467. The van der Waals surface area contributed by atoms with Gasteiger partial charge in [0.05, 0.1) is 18.8 Å². The molecule has 1 aliphatic rings. The zero-order valence-corrected chi connectivity index (χ0v) is 11.9. The van der Waals surface area contributed by atoms with Gasteiger partial charge in [-0.15, -0.1) is 0 Å². The summed E-state index contributed by atoms with van der Waals surface area (Å²) < 4.78 is 5.42. The van der Waals surface area contributed by atoms with Crippen LogP contribution in [0, 0.1) is 5.92 Å². The molecule has 4 heteroatoms. The van der Waals surface area contributed by atoms with Gasteiger partial charge in [-0.2, -0.15) is 5.48 Å². The Hall–Kier alpha value is -0.160. The average molecular weight is 259 g/mol. The lowest BCUT2D eigenvalue weighted by Gasteiger charge is -2.15. The molecule has 1 atom stereocenters. The third-order valence-corrected chi connectivity index (χ3v) is 3.25. The van der Waals surface area contributed by atoms with Crippen molar-refractivity contribution < 1.29 is 14.7 Å². The molecule has 1 rings (SSSR count). The molecule has 0 aromatic heterocycles. The number of rotatable bonds is 10. The van der Waals surface area contributed by atoms with E-state index in [1.165, 1.54) is 19.3 Å². The minimum atomic E-state index is -0.481. The lowest BCUT2D eigenvalue weighted by atomic mass is 10.1. The van der Waals surface area contributed by atoms with Gasteiger partial charge in [0.25, 0.3) is 0 Å². The second kappa shape index (κ2) is 9.73. The van der Waals surface area contributed by atoms with E-state index in [0.29, 0.717) is 19.3 Å². The van der Waals surface area contributed by atoms with Crippen molar-refractivity contribution in [3.63, 3.8) is 0 Å². The van der Waals surface area contributed by atoms with Crippen molar-refractivity contribution in [3.8, 4) is 0 Å². The maximum Gasteiger partial charge on any atom is 0.0920 e. The topological polar surface area (TPSA) is 50.7 Å². The van der Waals surface area contributed by atoms with Crippen LogP contribution in [0.3, 0.4) is 0 Å². The van der Waals surface area contributed by atoms with E-state index in [-0.39, 0.29) is 0 Å². The maximum absolute atomic E-state index is 9.66. The van der Waals surface area contributed by atoms with Crippen LogP contribution in [0.25, 0.3) is 0 Å². The Morgan fingerprint density at radius 2 is 2.00 bits per heavy atom. The van der Waals surface area contributed by atoms with E-state index < -0.39 is 6.10 Å². The van der Waals surface area contributed by atoms with Crippen molar-refractivity contribution in [3.05, 3.63) is 0 Å². The minimum Gasteiger partial charge on any atom is -0.389 e. The van der Waals surface area contributed by atoms with Gasteiger partial charge < -0.3 is 9.84 Å². The van der Waals surface area contributed by atoms with Crippen LogP contribution in [0.2, 0.25) is 0 Å². The Morgan fingerprint density at radius 3 is 2.67 bits per heavy atom. The van der Waals surface area contributed by atoms with Crippen molar-refractivity contribution >= 4 is 0 Å². The summed E-state index contributed by atoms with van der Waals surface area (Å²) in [4.78, 5) is 5.47. The highest BCUT2D eigenvalue weighted by atomic mass is 16.7. The van der Waals surface area contributed by atoms with Gasteiger partial charge in [-0.1, -0.05) is 26.7 Å². The predicted octanol–water partition coefficient (Wildman–Crippen LogP) is 2.26. The average Bonchev–Trinajstić information content (AvgIpc) is 2.81. The highest BCUT2D eigenvalue weighted by molar-refractivity contribution is 4.66. The van der Waals surface area contributed by atoms with Gasteiger partial charge in [-0.05, 0) is 31.6 Å². The Balaban J connectivity index is 1.85. The third-order valence-electron chi connectivity index (χ3n) is 3.25. The standard InChI is InChI=1S/C14H29NO3/c1-12(2)6-5-9-17-11-13(16)10-15-18-14-7-3-4-8-14/h12-16H,3-11H2,1-2H3. The summed E-state index contributed by atoms with van der Waals surface area (Å²) in [6.07, 6.45) is 6.88. The van der Waals surface area contributed by atoms with E-state index in [2.05, 4.69) is 19.3 Å². The number of hydrogen-bond acceptors (Lipinski definition) is 4. The Kier molecular flexibility index (Phi) is 8.59. The predicted molar refractivity (Wildman–Crippen MR) is 72.2 cm³/mol. The molecular formula is C14H29NO3. The van der Waals surface area contributed by atoms with Gasteiger partial charge in [0.15, 0.2) is 0 Å². The fourth-order valence-electron chi connectivity index (χ4n) is 2.14. The monoisotopic (exact) mass is 259 g/mol. The Labute approximate surface area is 111 Å². The molecule has 0 bridgehead atoms. The van der Waals surface area contributed by atoms with E-state index in [1.54, 1.807) is 0 Å². The van der Waals surface area contributed by atoms with Crippen molar-refractivity contribution in [1.82, 2.24) is 5.48 Å². The van der Waals surface area contributed by atoms with Gasteiger partial charge >= 0.3 is 0 Å². The van der Waals surface area contributed by atoms with Gasteiger partial charge in [-0.3, -0.25) is 4.84 Å². The van der Waals surface area contributed by atoms with Crippen LogP contribution < -0.4 is 5.48 Å². The molecule has 1 fully saturated rings. The summed E-state index contributed by atoms with van der Waals surface area (Å²) in [5.74, 6) is 0.722. The third kappa shape index (κ3) is 8.03. The zero-order chi connectivity index (χ0) is 13.2. The molecule has 0 heterocycles. The zero-order valence-electron chi connectivity index (χ0n) is 11.9. The second-order valence-electron chi connectivity index (χ2n) is 5.64. The summed E-state index contributed by atoms with van der Waals surface area (Å²) in [7, 11) is 0. The molecule has 1 saturated carbocycles. The van der Waals surface area contributed by atoms with E-state index in [1.807, 2.05) is 0 Å². The number of ether oxygens (including phenoxy) is 1. The van der Waals surface area contributed by atoms with E-state index in [9.17, 15) is 5.11 Å². The van der Waals surface area contributed by atoms with Crippen LogP contribution in [-0.4, -0.2) is 37.1 Å². The van der Waals surface area contributed by atoms with Crippen molar-refractivity contribution in [2.24, 2.45) is 5.92 Å². The van der Waals surface area contributed by atoms with Crippen LogP contribution in [-0.2, 0) is 9.57 Å². The van der Waals surface area contributed by atoms with Crippen molar-refractivity contribution in [2.45, 2.75) is 64.6 Å². The van der Waals surface area contributed by atoms with Gasteiger partial charge in [0.2, 0.25) is 0 Å². The SMILES string of the molecule is CC(C)CCCOCC(O)CNOC1CCCC1. The molecule has 0 amide bonds. The van der Waals surface area contributed by atoms with Gasteiger partial charge in [0, 0.05) is 13.2 Å². The first kappa shape index (κ1) is 15.9. The molecule has 0 aromatic carbocycles. The highest BCUT2D eigenvalue weighted by Crippen LogP contribution is 2.19. The molecule has 0 spiro atoms. The van der Waals surface area contributed by atoms with Crippen LogP contribution in [0.15, 0.2) is 0 Å². The van der Waals surface area contributed by atoms with Gasteiger partial charge in [0.1, 0.15) is 0 Å². The smallest absolute Gasteiger partial charge is 0.0920 e. The van der Waals surface area contributed by atoms with Crippen LogP contribution in [0.4, 0.5) is 0 Å². The number of hydroxylamine groups is 1. The first-order valence-corrected chi connectivity index (χ1v) is 7.32. The van der Waals surface area contributed by atoms with E-state index in [0.717, 1.165) is 31.8 Å². The molecule has 2 N–H and O–H groups in total. The lowest BCUT2D eigenvalue weighted by Crippen LogP contribution is -2.33. The molecule has 0 aromatic rings. The Morgan fingerprint density at radius 1 is 1.28 bits per heavy atom. The van der Waals surface area contributed by atoms with Gasteiger partial charge in [-0.25, -0.2) is 0 Å². The molecule has 0 radical (unpaired) electrons. The number of aliphatic hydroxyl groups excluding tert-OH is 1. The summed E-state index contributed by atoms with van der Waals surface area (Å²) in [5, 5.41) is 9.66. The second-order valence-corrected chi connectivity index (χ2v) is 5.64. The molecule has 1 unspecified atom stereocenters. The maximum atomic E-state index is 9.66. The fraction of sp³-hybridized carbons (Fsp3) is 1.00. The molecule has 0 aliphatic heterocycles.